The molecule has 17 heavy (non-hydrogen) atoms. The van der Waals surface area contributed by atoms with Crippen molar-refractivity contribution in [2.24, 2.45) is 0 Å². The van der Waals surface area contributed by atoms with Crippen molar-refractivity contribution >= 4 is 11.9 Å². The summed E-state index contributed by atoms with van der Waals surface area (Å²) in [6.45, 7) is 0.628. The molecule has 5 nitrogen and oxygen atoms in total. The maximum absolute atomic E-state index is 12.0. The van der Waals surface area contributed by atoms with Gasteiger partial charge in [0.2, 0.25) is 5.91 Å². The van der Waals surface area contributed by atoms with Crippen LogP contribution in [-0.4, -0.2) is 37.2 Å². The minimum atomic E-state index is -0.808. The van der Waals surface area contributed by atoms with Gasteiger partial charge in [-0.1, -0.05) is 12.8 Å². The molecule has 0 aromatic rings. The number of nitrogens with one attached hydrogen (secondary N) is 1. The van der Waals surface area contributed by atoms with Gasteiger partial charge in [-0.2, -0.15) is 0 Å². The van der Waals surface area contributed by atoms with E-state index >= 15 is 0 Å². The SMILES string of the molecule is COC(=O)C1(NC(=O)C2CCCO2)CCCC1. The molecule has 1 aliphatic carbocycles. The Morgan fingerprint density at radius 1 is 1.29 bits per heavy atom. The van der Waals surface area contributed by atoms with E-state index in [1.165, 1.54) is 7.11 Å². The summed E-state index contributed by atoms with van der Waals surface area (Å²) in [4.78, 5) is 23.8. The zero-order valence-electron chi connectivity index (χ0n) is 10.2. The topological polar surface area (TPSA) is 64.6 Å². The third kappa shape index (κ3) is 2.44. The van der Waals surface area contributed by atoms with Gasteiger partial charge in [0, 0.05) is 6.61 Å². The molecule has 96 valence electrons. The number of rotatable bonds is 3. The molecule has 0 aromatic heterocycles. The number of hydrogen-bond acceptors (Lipinski definition) is 4. The highest BCUT2D eigenvalue weighted by atomic mass is 16.5. The minimum absolute atomic E-state index is 0.171. The Hall–Kier alpha value is -1.10. The van der Waals surface area contributed by atoms with Gasteiger partial charge in [-0.3, -0.25) is 4.79 Å². The van der Waals surface area contributed by atoms with E-state index in [1.54, 1.807) is 0 Å². The van der Waals surface area contributed by atoms with Crippen molar-refractivity contribution < 1.29 is 19.1 Å². The van der Waals surface area contributed by atoms with Crippen LogP contribution in [0.25, 0.3) is 0 Å². The molecule has 1 saturated heterocycles. The maximum atomic E-state index is 12.0. The third-order valence-electron chi connectivity index (χ3n) is 3.62. The summed E-state index contributed by atoms with van der Waals surface area (Å²) in [5.74, 6) is -0.504. The monoisotopic (exact) mass is 241 g/mol. The van der Waals surface area contributed by atoms with E-state index in [9.17, 15) is 9.59 Å². The van der Waals surface area contributed by atoms with Crippen molar-refractivity contribution in [2.75, 3.05) is 13.7 Å². The molecule has 1 saturated carbocycles. The summed E-state index contributed by atoms with van der Waals surface area (Å²) in [6.07, 6.45) is 4.47. The molecule has 0 radical (unpaired) electrons. The van der Waals surface area contributed by atoms with Gasteiger partial charge in [-0.05, 0) is 25.7 Å². The largest absolute Gasteiger partial charge is 0.467 e. The fraction of sp³-hybridized carbons (Fsp3) is 0.833. The highest BCUT2D eigenvalue weighted by Crippen LogP contribution is 2.31. The Labute approximate surface area is 101 Å². The first-order chi connectivity index (χ1) is 8.18. The van der Waals surface area contributed by atoms with Crippen LogP contribution in [0.2, 0.25) is 0 Å². The second kappa shape index (κ2) is 5.04. The van der Waals surface area contributed by atoms with Gasteiger partial charge in [0.1, 0.15) is 11.6 Å². The Kier molecular flexibility index (Phi) is 3.66. The molecule has 1 N–H and O–H groups in total. The molecule has 5 heteroatoms. The van der Waals surface area contributed by atoms with Crippen LogP contribution in [-0.2, 0) is 19.1 Å². The van der Waals surface area contributed by atoms with E-state index < -0.39 is 11.6 Å². The van der Waals surface area contributed by atoms with Crippen LogP contribution < -0.4 is 5.32 Å². The Morgan fingerprint density at radius 3 is 2.53 bits per heavy atom. The van der Waals surface area contributed by atoms with Crippen molar-refractivity contribution in [3.8, 4) is 0 Å². The van der Waals surface area contributed by atoms with Gasteiger partial charge in [-0.25, -0.2) is 4.79 Å². The van der Waals surface area contributed by atoms with E-state index in [0.717, 1.165) is 25.7 Å². The number of amides is 1. The fourth-order valence-corrected chi connectivity index (χ4v) is 2.65. The maximum Gasteiger partial charge on any atom is 0.331 e. The predicted molar refractivity (Wildman–Crippen MR) is 60.3 cm³/mol. The lowest BCUT2D eigenvalue weighted by molar-refractivity contribution is -0.152. The Bertz CT molecular complexity index is 304. The van der Waals surface area contributed by atoms with E-state index in [1.807, 2.05) is 0 Å². The van der Waals surface area contributed by atoms with Gasteiger partial charge in [-0.15, -0.1) is 0 Å². The molecule has 2 rings (SSSR count). The molecule has 0 bridgehead atoms. The van der Waals surface area contributed by atoms with E-state index in [4.69, 9.17) is 9.47 Å². The van der Waals surface area contributed by atoms with Crippen molar-refractivity contribution in [2.45, 2.75) is 50.2 Å². The van der Waals surface area contributed by atoms with Crippen molar-refractivity contribution in [1.82, 2.24) is 5.32 Å². The number of esters is 1. The Morgan fingerprint density at radius 2 is 2.00 bits per heavy atom. The molecular formula is C12H19NO4. The van der Waals surface area contributed by atoms with Crippen LogP contribution >= 0.6 is 0 Å². The first-order valence-corrected chi connectivity index (χ1v) is 6.20. The van der Waals surface area contributed by atoms with E-state index in [2.05, 4.69) is 5.32 Å². The number of ether oxygens (including phenoxy) is 2. The molecule has 1 unspecified atom stereocenters. The van der Waals surface area contributed by atoms with Gasteiger partial charge in [0.25, 0.3) is 0 Å². The average Bonchev–Trinajstić information content (AvgIpc) is 2.99. The van der Waals surface area contributed by atoms with Crippen LogP contribution in [0.4, 0.5) is 0 Å². The summed E-state index contributed by atoms with van der Waals surface area (Å²) < 4.78 is 10.1. The fourth-order valence-electron chi connectivity index (χ4n) is 2.65. The van der Waals surface area contributed by atoms with Crippen LogP contribution in [0, 0.1) is 0 Å². The zero-order chi connectivity index (χ0) is 12.3. The summed E-state index contributed by atoms with van der Waals surface area (Å²) in [7, 11) is 1.36. The predicted octanol–water partition coefficient (Wildman–Crippen LogP) is 0.767. The van der Waals surface area contributed by atoms with Gasteiger partial charge in [0.15, 0.2) is 0 Å². The molecule has 0 spiro atoms. The second-order valence-electron chi connectivity index (χ2n) is 4.77. The van der Waals surface area contributed by atoms with Gasteiger partial charge in [0.05, 0.1) is 7.11 Å². The first-order valence-electron chi connectivity index (χ1n) is 6.20. The number of carbonyl (C=O) groups is 2. The highest BCUT2D eigenvalue weighted by Gasteiger charge is 2.44. The molecule has 1 amide bonds. The Balaban J connectivity index is 2.02. The van der Waals surface area contributed by atoms with Crippen LogP contribution in [0.3, 0.4) is 0 Å². The average molecular weight is 241 g/mol. The van der Waals surface area contributed by atoms with Crippen molar-refractivity contribution in [3.05, 3.63) is 0 Å². The van der Waals surface area contributed by atoms with Crippen LogP contribution in [0.1, 0.15) is 38.5 Å². The van der Waals surface area contributed by atoms with E-state index in [0.29, 0.717) is 19.4 Å². The zero-order valence-corrected chi connectivity index (χ0v) is 10.2. The molecular weight excluding hydrogens is 222 g/mol. The summed E-state index contributed by atoms with van der Waals surface area (Å²) in [5.41, 5.74) is -0.808. The second-order valence-corrected chi connectivity index (χ2v) is 4.77. The lowest BCUT2D eigenvalue weighted by atomic mass is 9.97. The molecule has 1 aliphatic heterocycles. The number of hydrogen-bond donors (Lipinski definition) is 1. The third-order valence-corrected chi connectivity index (χ3v) is 3.62. The van der Waals surface area contributed by atoms with Crippen molar-refractivity contribution in [1.29, 1.82) is 0 Å². The minimum Gasteiger partial charge on any atom is -0.467 e. The molecule has 0 aromatic carbocycles. The van der Waals surface area contributed by atoms with E-state index in [-0.39, 0.29) is 11.9 Å². The molecule has 1 heterocycles. The molecule has 2 fully saturated rings. The lowest BCUT2D eigenvalue weighted by Crippen LogP contribution is -2.55. The number of carbonyl (C=O) groups excluding carboxylic acids is 2. The summed E-state index contributed by atoms with van der Waals surface area (Å²) >= 11 is 0. The quantitative estimate of drug-likeness (QED) is 0.741. The lowest BCUT2D eigenvalue weighted by Gasteiger charge is -2.28. The summed E-state index contributed by atoms with van der Waals surface area (Å²) in [6, 6.07) is 0. The highest BCUT2D eigenvalue weighted by molar-refractivity contribution is 5.90. The molecule has 2 aliphatic rings. The van der Waals surface area contributed by atoms with Gasteiger partial charge >= 0.3 is 5.97 Å². The molecule has 1 atom stereocenters. The first kappa shape index (κ1) is 12.4. The number of methoxy groups -OCH3 is 1. The van der Waals surface area contributed by atoms with Crippen LogP contribution in [0.5, 0.6) is 0 Å². The standard InChI is InChI=1S/C12H19NO4/c1-16-11(15)12(6-2-3-7-12)13-10(14)9-5-4-8-17-9/h9H,2-8H2,1H3,(H,13,14). The normalized spacial score (nSPS) is 26.8. The van der Waals surface area contributed by atoms with Crippen LogP contribution in [0.15, 0.2) is 0 Å². The van der Waals surface area contributed by atoms with Crippen molar-refractivity contribution in [3.63, 3.8) is 0 Å². The summed E-state index contributed by atoms with van der Waals surface area (Å²) in [5, 5.41) is 2.85. The smallest absolute Gasteiger partial charge is 0.331 e. The van der Waals surface area contributed by atoms with Gasteiger partial charge < -0.3 is 14.8 Å².